The standard InChI is InChI=1S/C22H25N3O5S2/c1-3-30-22(27)20-12-15-11-16(7-8-19(15)31-20)23-21(26)18-13-17(14-24(18)2)32(28,29)25-9-5-4-6-10-25/h7-8,11-14H,3-6,9-10H2,1-2H3,(H,23,26). The van der Waals surface area contributed by atoms with Gasteiger partial charge in [0.1, 0.15) is 15.5 Å². The maximum Gasteiger partial charge on any atom is 0.348 e. The van der Waals surface area contributed by atoms with Crippen LogP contribution >= 0.6 is 11.3 Å². The molecule has 1 aromatic carbocycles. The van der Waals surface area contributed by atoms with Gasteiger partial charge in [0.25, 0.3) is 5.91 Å². The van der Waals surface area contributed by atoms with Gasteiger partial charge in [-0.25, -0.2) is 13.2 Å². The second-order valence-corrected chi connectivity index (χ2v) is 10.7. The number of benzene rings is 1. The average Bonchev–Trinajstić information content (AvgIpc) is 3.38. The summed E-state index contributed by atoms with van der Waals surface area (Å²) < 4.78 is 34.8. The molecule has 1 aliphatic heterocycles. The zero-order valence-corrected chi connectivity index (χ0v) is 19.6. The number of aryl methyl sites for hydroxylation is 1. The number of nitrogens with one attached hydrogen (secondary N) is 1. The highest BCUT2D eigenvalue weighted by Crippen LogP contribution is 2.29. The quantitative estimate of drug-likeness (QED) is 0.546. The Labute approximate surface area is 190 Å². The van der Waals surface area contributed by atoms with Crippen LogP contribution in [0.3, 0.4) is 0 Å². The number of amides is 1. The summed E-state index contributed by atoms with van der Waals surface area (Å²) in [5.74, 6) is -0.779. The highest BCUT2D eigenvalue weighted by Gasteiger charge is 2.28. The Kier molecular flexibility index (Phi) is 6.36. The van der Waals surface area contributed by atoms with Gasteiger partial charge < -0.3 is 14.6 Å². The minimum atomic E-state index is -3.62. The first-order chi connectivity index (χ1) is 15.3. The zero-order valence-electron chi connectivity index (χ0n) is 18.0. The summed E-state index contributed by atoms with van der Waals surface area (Å²) >= 11 is 1.33. The van der Waals surface area contributed by atoms with Crippen molar-refractivity contribution in [2.45, 2.75) is 31.1 Å². The first-order valence-electron chi connectivity index (χ1n) is 10.5. The second kappa shape index (κ2) is 9.05. The van der Waals surface area contributed by atoms with E-state index < -0.39 is 15.9 Å². The Morgan fingerprint density at radius 2 is 1.88 bits per heavy atom. The van der Waals surface area contributed by atoms with Crippen LogP contribution in [0, 0.1) is 0 Å². The molecule has 3 heterocycles. The van der Waals surface area contributed by atoms with Crippen molar-refractivity contribution in [3.05, 3.63) is 47.1 Å². The van der Waals surface area contributed by atoms with Gasteiger partial charge in [0.2, 0.25) is 10.0 Å². The van der Waals surface area contributed by atoms with Gasteiger partial charge >= 0.3 is 5.97 Å². The predicted octanol–water partition coefficient (Wildman–Crippen LogP) is 3.84. The highest BCUT2D eigenvalue weighted by molar-refractivity contribution is 7.89. The topological polar surface area (TPSA) is 97.7 Å². The van der Waals surface area contributed by atoms with Crippen LogP contribution in [-0.2, 0) is 21.8 Å². The lowest BCUT2D eigenvalue weighted by Crippen LogP contribution is -2.35. The molecule has 2 aromatic heterocycles. The first-order valence-corrected chi connectivity index (χ1v) is 12.7. The summed E-state index contributed by atoms with van der Waals surface area (Å²) in [7, 11) is -1.97. The van der Waals surface area contributed by atoms with E-state index in [-0.39, 0.29) is 16.6 Å². The van der Waals surface area contributed by atoms with Crippen molar-refractivity contribution in [1.29, 1.82) is 0 Å². The van der Waals surface area contributed by atoms with Crippen LogP contribution in [-0.4, -0.2) is 48.9 Å². The van der Waals surface area contributed by atoms with Gasteiger partial charge in [0, 0.05) is 36.7 Å². The minimum absolute atomic E-state index is 0.124. The number of carbonyl (C=O) groups excluding carboxylic acids is 2. The second-order valence-electron chi connectivity index (χ2n) is 7.67. The van der Waals surface area contributed by atoms with Crippen LogP contribution in [0.5, 0.6) is 0 Å². The number of ether oxygens (including phenoxy) is 1. The van der Waals surface area contributed by atoms with E-state index in [0.29, 0.717) is 30.3 Å². The molecule has 3 aromatic rings. The van der Waals surface area contributed by atoms with Crippen molar-refractivity contribution in [3.8, 4) is 0 Å². The Morgan fingerprint density at radius 1 is 1.12 bits per heavy atom. The number of aromatic nitrogens is 1. The molecule has 10 heteroatoms. The molecular weight excluding hydrogens is 450 g/mol. The van der Waals surface area contributed by atoms with E-state index in [9.17, 15) is 18.0 Å². The molecule has 0 bridgehead atoms. The molecule has 0 atom stereocenters. The van der Waals surface area contributed by atoms with Gasteiger partial charge in [-0.3, -0.25) is 4.79 Å². The molecule has 32 heavy (non-hydrogen) atoms. The van der Waals surface area contributed by atoms with E-state index in [4.69, 9.17) is 4.74 Å². The molecule has 170 valence electrons. The number of fused-ring (bicyclic) bond motifs is 1. The summed E-state index contributed by atoms with van der Waals surface area (Å²) in [6, 6.07) is 8.51. The fourth-order valence-electron chi connectivity index (χ4n) is 3.77. The number of thiophene rings is 1. The fourth-order valence-corrected chi connectivity index (χ4v) is 6.30. The molecule has 0 spiro atoms. The van der Waals surface area contributed by atoms with Gasteiger partial charge in [-0.1, -0.05) is 6.42 Å². The van der Waals surface area contributed by atoms with Crippen molar-refractivity contribution in [2.75, 3.05) is 25.0 Å². The molecule has 1 aliphatic rings. The van der Waals surface area contributed by atoms with Crippen LogP contribution in [0.2, 0.25) is 0 Å². The molecule has 0 saturated carbocycles. The number of sulfonamides is 1. The third-order valence-corrected chi connectivity index (χ3v) is 8.38. The maximum absolute atomic E-state index is 12.9. The van der Waals surface area contributed by atoms with E-state index in [0.717, 1.165) is 29.3 Å². The van der Waals surface area contributed by atoms with Gasteiger partial charge in [0.05, 0.1) is 6.61 Å². The van der Waals surface area contributed by atoms with E-state index in [2.05, 4.69) is 5.32 Å². The molecule has 1 saturated heterocycles. The van der Waals surface area contributed by atoms with E-state index in [1.54, 1.807) is 32.2 Å². The Bertz CT molecular complexity index is 1270. The lowest BCUT2D eigenvalue weighted by Gasteiger charge is -2.25. The predicted molar refractivity (Wildman–Crippen MR) is 124 cm³/mol. The lowest BCUT2D eigenvalue weighted by molar-refractivity contribution is 0.0532. The summed E-state index contributed by atoms with van der Waals surface area (Å²) in [5.41, 5.74) is 0.801. The van der Waals surface area contributed by atoms with E-state index in [1.165, 1.54) is 32.5 Å². The number of piperidine rings is 1. The van der Waals surface area contributed by atoms with Crippen molar-refractivity contribution < 1.29 is 22.7 Å². The monoisotopic (exact) mass is 475 g/mol. The van der Waals surface area contributed by atoms with Crippen LogP contribution in [0.1, 0.15) is 46.3 Å². The van der Waals surface area contributed by atoms with Crippen LogP contribution < -0.4 is 5.32 Å². The van der Waals surface area contributed by atoms with E-state index in [1.807, 2.05) is 6.07 Å². The summed E-state index contributed by atoms with van der Waals surface area (Å²) in [5, 5.41) is 3.64. The molecule has 1 N–H and O–H groups in total. The molecule has 1 amide bonds. The van der Waals surface area contributed by atoms with Crippen molar-refractivity contribution in [1.82, 2.24) is 8.87 Å². The van der Waals surface area contributed by atoms with Gasteiger partial charge in [-0.2, -0.15) is 4.31 Å². The van der Waals surface area contributed by atoms with Crippen molar-refractivity contribution >= 4 is 49.0 Å². The van der Waals surface area contributed by atoms with Crippen LogP contribution in [0.4, 0.5) is 5.69 Å². The van der Waals surface area contributed by atoms with Gasteiger partial charge in [-0.05, 0) is 55.5 Å². The number of hydrogen-bond donors (Lipinski definition) is 1. The minimum Gasteiger partial charge on any atom is -0.462 e. The third-order valence-electron chi connectivity index (χ3n) is 5.42. The number of anilines is 1. The molecule has 8 nitrogen and oxygen atoms in total. The first kappa shape index (κ1) is 22.5. The summed E-state index contributed by atoms with van der Waals surface area (Å²) in [4.78, 5) is 25.5. The number of nitrogens with zero attached hydrogens (tertiary/aromatic N) is 2. The molecule has 4 rings (SSSR count). The fraction of sp³-hybridized carbons (Fsp3) is 0.364. The lowest BCUT2D eigenvalue weighted by atomic mass is 10.2. The molecule has 1 fully saturated rings. The Hall–Kier alpha value is -2.69. The SMILES string of the molecule is CCOC(=O)c1cc2cc(NC(=O)c3cc(S(=O)(=O)N4CCCCC4)cn3C)ccc2s1. The summed E-state index contributed by atoms with van der Waals surface area (Å²) in [6.07, 6.45) is 4.21. The smallest absolute Gasteiger partial charge is 0.348 e. The molecule has 0 radical (unpaired) electrons. The highest BCUT2D eigenvalue weighted by atomic mass is 32.2. The number of hydrogen-bond acceptors (Lipinski definition) is 6. The number of rotatable bonds is 6. The third kappa shape index (κ3) is 4.43. The number of esters is 1. The largest absolute Gasteiger partial charge is 0.462 e. The van der Waals surface area contributed by atoms with Crippen molar-refractivity contribution in [2.24, 2.45) is 7.05 Å². The normalized spacial score (nSPS) is 15.1. The summed E-state index contributed by atoms with van der Waals surface area (Å²) in [6.45, 7) is 3.08. The van der Waals surface area contributed by atoms with Crippen molar-refractivity contribution in [3.63, 3.8) is 0 Å². The molecule has 0 aliphatic carbocycles. The van der Waals surface area contributed by atoms with E-state index >= 15 is 0 Å². The number of carbonyl (C=O) groups is 2. The Morgan fingerprint density at radius 3 is 2.59 bits per heavy atom. The van der Waals surface area contributed by atoms with Gasteiger partial charge in [0.15, 0.2) is 0 Å². The average molecular weight is 476 g/mol. The molecule has 0 unspecified atom stereocenters. The maximum atomic E-state index is 12.9. The molecular formula is C22H25N3O5S2. The zero-order chi connectivity index (χ0) is 22.9. The van der Waals surface area contributed by atoms with Crippen LogP contribution in [0.25, 0.3) is 10.1 Å². The Balaban J connectivity index is 1.54. The van der Waals surface area contributed by atoms with Crippen LogP contribution in [0.15, 0.2) is 41.4 Å². The van der Waals surface area contributed by atoms with Gasteiger partial charge in [-0.15, -0.1) is 11.3 Å².